The van der Waals surface area contributed by atoms with Gasteiger partial charge in [0.25, 0.3) is 0 Å². The van der Waals surface area contributed by atoms with E-state index in [0.717, 1.165) is 38.6 Å². The topological polar surface area (TPSA) is 64.1 Å². The van der Waals surface area contributed by atoms with Crippen LogP contribution in [0.1, 0.15) is 12.6 Å². The third kappa shape index (κ3) is 3.87. The van der Waals surface area contributed by atoms with Crippen molar-refractivity contribution in [1.82, 2.24) is 9.97 Å². The molecule has 0 aliphatic heterocycles. The summed E-state index contributed by atoms with van der Waals surface area (Å²) in [5, 5.41) is 6.66. The fraction of sp³-hybridized carbons (Fsp3) is 0.136. The molecule has 0 radical (unpaired) electrons. The maximum atomic E-state index is 12.5. The van der Waals surface area contributed by atoms with E-state index in [1.165, 1.54) is 11.3 Å². The fourth-order valence-corrected chi connectivity index (χ4v) is 3.86. The summed E-state index contributed by atoms with van der Waals surface area (Å²) in [6.45, 7) is 2.55. The molecule has 2 aromatic heterocycles. The smallest absolute Gasteiger partial charge is 0.230 e. The van der Waals surface area contributed by atoms with E-state index < -0.39 is 0 Å². The second-order valence-corrected chi connectivity index (χ2v) is 7.03. The summed E-state index contributed by atoms with van der Waals surface area (Å²) in [5.74, 6) is 0.699. The third-order valence-corrected chi connectivity index (χ3v) is 5.15. The van der Waals surface area contributed by atoms with Crippen molar-refractivity contribution in [2.45, 2.75) is 13.3 Å². The van der Waals surface area contributed by atoms with Crippen molar-refractivity contribution < 1.29 is 9.53 Å². The number of nitrogens with one attached hydrogen (secondary N) is 1. The maximum Gasteiger partial charge on any atom is 0.230 e. The van der Waals surface area contributed by atoms with Gasteiger partial charge in [-0.05, 0) is 43.3 Å². The van der Waals surface area contributed by atoms with Gasteiger partial charge in [-0.3, -0.25) is 9.78 Å². The molecule has 0 bridgehead atoms. The summed E-state index contributed by atoms with van der Waals surface area (Å²) in [6.07, 6.45) is 1.95. The number of ether oxygens (including phenoxy) is 1. The molecule has 0 saturated heterocycles. The van der Waals surface area contributed by atoms with E-state index >= 15 is 0 Å². The van der Waals surface area contributed by atoms with Crippen LogP contribution in [0.4, 0.5) is 5.69 Å². The van der Waals surface area contributed by atoms with Gasteiger partial charge in [0.05, 0.1) is 35.5 Å². The molecule has 1 amide bonds. The van der Waals surface area contributed by atoms with Crippen LogP contribution < -0.4 is 10.1 Å². The quantitative estimate of drug-likeness (QED) is 0.507. The monoisotopic (exact) mass is 389 g/mol. The number of nitrogens with zero attached hydrogens (tertiary/aromatic N) is 2. The lowest BCUT2D eigenvalue weighted by Crippen LogP contribution is -2.14. The Balaban J connectivity index is 1.50. The summed E-state index contributed by atoms with van der Waals surface area (Å²) >= 11 is 1.51. The van der Waals surface area contributed by atoms with Crippen LogP contribution in [-0.4, -0.2) is 22.5 Å². The van der Waals surface area contributed by atoms with E-state index in [-0.39, 0.29) is 12.3 Å². The van der Waals surface area contributed by atoms with Gasteiger partial charge in [-0.1, -0.05) is 18.2 Å². The first-order chi connectivity index (χ1) is 13.7. The Bertz CT molecular complexity index is 1120. The van der Waals surface area contributed by atoms with Crippen LogP contribution in [0.3, 0.4) is 0 Å². The van der Waals surface area contributed by atoms with Gasteiger partial charge in [0.15, 0.2) is 0 Å². The Kier molecular flexibility index (Phi) is 5.30. The molecular formula is C22H19N3O2S. The number of carbonyl (C=O) groups is 1. The number of benzene rings is 2. The lowest BCUT2D eigenvalue weighted by Gasteiger charge is -2.08. The van der Waals surface area contributed by atoms with Crippen molar-refractivity contribution in [3.63, 3.8) is 0 Å². The summed E-state index contributed by atoms with van der Waals surface area (Å²) in [4.78, 5) is 21.5. The highest BCUT2D eigenvalue weighted by Gasteiger charge is 2.13. The van der Waals surface area contributed by atoms with E-state index in [9.17, 15) is 4.79 Å². The molecule has 4 rings (SSSR count). The SMILES string of the molecule is CCOc1ccccc1-c1nc(CC(=O)Nc2cccc3ncccc23)cs1. The fourth-order valence-electron chi connectivity index (χ4n) is 3.01. The summed E-state index contributed by atoms with van der Waals surface area (Å²) in [7, 11) is 0. The number of thiazole rings is 1. The average molecular weight is 389 g/mol. The predicted molar refractivity (Wildman–Crippen MR) is 113 cm³/mol. The number of hydrogen-bond donors (Lipinski definition) is 1. The Morgan fingerprint density at radius 1 is 1.11 bits per heavy atom. The van der Waals surface area contributed by atoms with Gasteiger partial charge in [-0.2, -0.15) is 0 Å². The molecule has 140 valence electrons. The molecule has 0 atom stereocenters. The van der Waals surface area contributed by atoms with Gasteiger partial charge in [0.1, 0.15) is 10.8 Å². The third-order valence-electron chi connectivity index (χ3n) is 4.23. The summed E-state index contributed by atoms with van der Waals surface area (Å²) < 4.78 is 5.68. The molecule has 6 heteroatoms. The zero-order chi connectivity index (χ0) is 19.3. The van der Waals surface area contributed by atoms with Crippen molar-refractivity contribution >= 4 is 33.8 Å². The van der Waals surface area contributed by atoms with Gasteiger partial charge in [0.2, 0.25) is 5.91 Å². The van der Waals surface area contributed by atoms with Crippen LogP contribution in [0.2, 0.25) is 0 Å². The van der Waals surface area contributed by atoms with E-state index in [4.69, 9.17) is 4.74 Å². The van der Waals surface area contributed by atoms with E-state index in [2.05, 4.69) is 15.3 Å². The molecular weight excluding hydrogens is 370 g/mol. The van der Waals surface area contributed by atoms with E-state index in [1.807, 2.05) is 66.9 Å². The minimum absolute atomic E-state index is 0.105. The summed E-state index contributed by atoms with van der Waals surface area (Å²) in [6, 6.07) is 17.3. The van der Waals surface area contributed by atoms with Gasteiger partial charge < -0.3 is 10.1 Å². The average Bonchev–Trinajstić information content (AvgIpc) is 3.17. The summed E-state index contributed by atoms with van der Waals surface area (Å²) in [5.41, 5.74) is 3.29. The number of rotatable bonds is 6. The molecule has 5 nitrogen and oxygen atoms in total. The molecule has 0 saturated carbocycles. The molecule has 2 heterocycles. The Hall–Kier alpha value is -3.25. The van der Waals surface area contributed by atoms with Crippen LogP contribution in [0.15, 0.2) is 66.2 Å². The van der Waals surface area contributed by atoms with Crippen molar-refractivity contribution in [2.24, 2.45) is 0 Å². The molecule has 0 unspecified atom stereocenters. The molecule has 2 aromatic carbocycles. The maximum absolute atomic E-state index is 12.5. The highest BCUT2D eigenvalue weighted by molar-refractivity contribution is 7.13. The molecule has 0 aliphatic carbocycles. The number of anilines is 1. The number of pyridine rings is 1. The van der Waals surface area contributed by atoms with Crippen molar-refractivity contribution in [1.29, 1.82) is 0 Å². The Morgan fingerprint density at radius 3 is 2.89 bits per heavy atom. The van der Waals surface area contributed by atoms with Crippen LogP contribution in [-0.2, 0) is 11.2 Å². The number of para-hydroxylation sites is 1. The minimum Gasteiger partial charge on any atom is -0.493 e. The standard InChI is InChI=1S/C22H19N3O2S/c1-2-27-20-11-4-3-7-17(20)22-24-15(14-28-22)13-21(26)25-19-10-5-9-18-16(19)8-6-12-23-18/h3-12,14H,2,13H2,1H3,(H,25,26). The molecule has 28 heavy (non-hydrogen) atoms. The first-order valence-corrected chi connectivity index (χ1v) is 9.93. The van der Waals surface area contributed by atoms with E-state index in [0.29, 0.717) is 6.61 Å². The van der Waals surface area contributed by atoms with Gasteiger partial charge >= 0.3 is 0 Å². The zero-order valence-electron chi connectivity index (χ0n) is 15.4. The lowest BCUT2D eigenvalue weighted by molar-refractivity contribution is -0.115. The first kappa shape index (κ1) is 18.1. The van der Waals surface area contributed by atoms with E-state index in [1.54, 1.807) is 6.20 Å². The first-order valence-electron chi connectivity index (χ1n) is 9.05. The zero-order valence-corrected chi connectivity index (χ0v) is 16.2. The van der Waals surface area contributed by atoms with Crippen molar-refractivity contribution in [3.05, 3.63) is 71.9 Å². The molecule has 4 aromatic rings. The molecule has 1 N–H and O–H groups in total. The van der Waals surface area contributed by atoms with Gasteiger partial charge in [-0.25, -0.2) is 4.98 Å². The van der Waals surface area contributed by atoms with Gasteiger partial charge in [-0.15, -0.1) is 11.3 Å². The lowest BCUT2D eigenvalue weighted by atomic mass is 10.1. The number of amides is 1. The number of aromatic nitrogens is 2. The van der Waals surface area contributed by atoms with Gasteiger partial charge in [0, 0.05) is 17.0 Å². The van der Waals surface area contributed by atoms with Crippen molar-refractivity contribution in [3.8, 4) is 16.3 Å². The Morgan fingerprint density at radius 2 is 2.00 bits per heavy atom. The molecule has 0 spiro atoms. The number of hydrogen-bond acceptors (Lipinski definition) is 5. The predicted octanol–water partition coefficient (Wildman–Crippen LogP) is 4.94. The highest BCUT2D eigenvalue weighted by atomic mass is 32.1. The highest BCUT2D eigenvalue weighted by Crippen LogP contribution is 2.32. The van der Waals surface area contributed by atoms with Crippen LogP contribution >= 0.6 is 11.3 Å². The normalized spacial score (nSPS) is 10.8. The van der Waals surface area contributed by atoms with Crippen LogP contribution in [0.5, 0.6) is 5.75 Å². The second kappa shape index (κ2) is 8.19. The molecule has 0 fully saturated rings. The van der Waals surface area contributed by atoms with Crippen molar-refractivity contribution in [2.75, 3.05) is 11.9 Å². The van der Waals surface area contributed by atoms with Crippen LogP contribution in [0, 0.1) is 0 Å². The Labute approximate surface area is 167 Å². The number of carbonyl (C=O) groups excluding carboxylic acids is 1. The van der Waals surface area contributed by atoms with Crippen LogP contribution in [0.25, 0.3) is 21.5 Å². The number of fused-ring (bicyclic) bond motifs is 1. The second-order valence-electron chi connectivity index (χ2n) is 6.17. The molecule has 0 aliphatic rings. The minimum atomic E-state index is -0.105. The largest absolute Gasteiger partial charge is 0.493 e.